The summed E-state index contributed by atoms with van der Waals surface area (Å²) in [5.41, 5.74) is 3.87. The summed E-state index contributed by atoms with van der Waals surface area (Å²) in [6.07, 6.45) is 6.64. The average Bonchev–Trinajstić information content (AvgIpc) is 3.41. The molecule has 3 aliphatic rings. The van der Waals surface area contributed by atoms with E-state index in [9.17, 15) is 4.79 Å². The molecule has 1 heterocycles. The van der Waals surface area contributed by atoms with Crippen LogP contribution in [0.4, 0.5) is 0 Å². The first-order valence-electron chi connectivity index (χ1n) is 11.3. The molecule has 0 N–H and O–H groups in total. The first-order valence-corrected chi connectivity index (χ1v) is 11.3. The summed E-state index contributed by atoms with van der Waals surface area (Å²) in [4.78, 5) is 14.1. The van der Waals surface area contributed by atoms with Crippen LogP contribution < -0.4 is 4.74 Å². The van der Waals surface area contributed by atoms with Gasteiger partial charge in [-0.1, -0.05) is 36.4 Å². The van der Waals surface area contributed by atoms with E-state index < -0.39 is 0 Å². The van der Waals surface area contributed by atoms with Gasteiger partial charge >= 0.3 is 0 Å². The van der Waals surface area contributed by atoms with Gasteiger partial charge in [-0.15, -0.1) is 0 Å². The molecule has 0 amide bonds. The van der Waals surface area contributed by atoms with Gasteiger partial charge in [-0.2, -0.15) is 0 Å². The summed E-state index contributed by atoms with van der Waals surface area (Å²) in [7, 11) is 0. The third kappa shape index (κ3) is 4.56. The zero-order valence-electron chi connectivity index (χ0n) is 17.2. The van der Waals surface area contributed by atoms with Crippen molar-refractivity contribution < 1.29 is 9.53 Å². The smallest absolute Gasteiger partial charge is 0.141 e. The Balaban J connectivity index is 1.01. The quantitative estimate of drug-likeness (QED) is 0.691. The lowest BCUT2D eigenvalue weighted by Gasteiger charge is -2.32. The van der Waals surface area contributed by atoms with Crippen LogP contribution in [0.3, 0.4) is 0 Å². The molecular formula is C26H31NO2. The third-order valence-electron chi connectivity index (χ3n) is 7.12. The highest BCUT2D eigenvalue weighted by molar-refractivity contribution is 5.88. The zero-order valence-corrected chi connectivity index (χ0v) is 17.2. The van der Waals surface area contributed by atoms with Crippen molar-refractivity contribution in [1.29, 1.82) is 0 Å². The van der Waals surface area contributed by atoms with Gasteiger partial charge in [0.2, 0.25) is 0 Å². The lowest BCUT2D eigenvalue weighted by Crippen LogP contribution is -2.36. The van der Waals surface area contributed by atoms with Gasteiger partial charge in [0, 0.05) is 19.4 Å². The fourth-order valence-electron chi connectivity index (χ4n) is 5.30. The largest absolute Gasteiger partial charge is 0.492 e. The number of piperidine rings is 1. The number of carbonyl (C=O) groups is 1. The molecule has 5 rings (SSSR count). The van der Waals surface area contributed by atoms with Crippen LogP contribution in [0.1, 0.15) is 48.3 Å². The topological polar surface area (TPSA) is 29.5 Å². The first-order chi connectivity index (χ1) is 14.2. The molecular weight excluding hydrogens is 358 g/mol. The van der Waals surface area contributed by atoms with Crippen LogP contribution in [0, 0.1) is 11.8 Å². The number of hydrogen-bond donors (Lipinski definition) is 0. The van der Waals surface area contributed by atoms with Crippen molar-refractivity contribution in [2.24, 2.45) is 11.8 Å². The number of carbonyl (C=O) groups excluding carboxylic acids is 1. The van der Waals surface area contributed by atoms with E-state index in [2.05, 4.69) is 47.4 Å². The zero-order chi connectivity index (χ0) is 19.6. The van der Waals surface area contributed by atoms with E-state index >= 15 is 0 Å². The summed E-state index contributed by atoms with van der Waals surface area (Å²) >= 11 is 0. The van der Waals surface area contributed by atoms with E-state index in [0.717, 1.165) is 42.2 Å². The lowest BCUT2D eigenvalue weighted by molar-refractivity contribution is -0.117. The van der Waals surface area contributed by atoms with Crippen molar-refractivity contribution in [3.63, 3.8) is 0 Å². The predicted molar refractivity (Wildman–Crippen MR) is 115 cm³/mol. The van der Waals surface area contributed by atoms with Crippen molar-refractivity contribution in [2.75, 3.05) is 26.2 Å². The summed E-state index contributed by atoms with van der Waals surface area (Å²) in [5, 5.41) is 0. The van der Waals surface area contributed by atoms with Gasteiger partial charge in [0.05, 0.1) is 0 Å². The van der Waals surface area contributed by atoms with Crippen LogP contribution in [0.15, 0.2) is 48.5 Å². The van der Waals surface area contributed by atoms with E-state index in [1.807, 2.05) is 6.07 Å². The highest BCUT2D eigenvalue weighted by atomic mass is 16.5. The highest BCUT2D eigenvalue weighted by Crippen LogP contribution is 2.51. The predicted octanol–water partition coefficient (Wildman–Crippen LogP) is 4.64. The van der Waals surface area contributed by atoms with Crippen LogP contribution in [0.5, 0.6) is 5.75 Å². The molecule has 2 atom stereocenters. The third-order valence-corrected chi connectivity index (χ3v) is 7.12. The molecule has 0 radical (unpaired) electrons. The number of ketones is 1. The second-order valence-corrected chi connectivity index (χ2v) is 9.20. The second kappa shape index (κ2) is 8.31. The fraction of sp³-hybridized carbons (Fsp3) is 0.500. The van der Waals surface area contributed by atoms with Gasteiger partial charge in [-0.25, -0.2) is 0 Å². The second-order valence-electron chi connectivity index (χ2n) is 9.20. The van der Waals surface area contributed by atoms with Crippen molar-refractivity contribution in [3.8, 4) is 5.75 Å². The fourth-order valence-corrected chi connectivity index (χ4v) is 5.30. The monoisotopic (exact) mass is 389 g/mol. The van der Waals surface area contributed by atoms with Gasteiger partial charge < -0.3 is 4.74 Å². The van der Waals surface area contributed by atoms with Crippen molar-refractivity contribution >= 4 is 5.78 Å². The van der Waals surface area contributed by atoms with Crippen molar-refractivity contribution in [2.45, 2.75) is 44.4 Å². The molecule has 2 aliphatic carbocycles. The van der Waals surface area contributed by atoms with Gasteiger partial charge in [0.1, 0.15) is 18.1 Å². The van der Waals surface area contributed by atoms with Gasteiger partial charge in [0.15, 0.2) is 0 Å². The Hall–Kier alpha value is -2.13. The Morgan fingerprint density at radius 3 is 2.59 bits per heavy atom. The molecule has 29 heavy (non-hydrogen) atoms. The molecule has 0 spiro atoms. The number of likely N-dealkylation sites (tertiary alicyclic amines) is 1. The van der Waals surface area contributed by atoms with Crippen LogP contribution in [-0.2, 0) is 17.6 Å². The maximum atomic E-state index is 11.6. The summed E-state index contributed by atoms with van der Waals surface area (Å²) in [6.45, 7) is 4.14. The summed E-state index contributed by atoms with van der Waals surface area (Å²) in [5.74, 6) is 3.88. The standard InChI is InChI=1S/C26H31NO2/c28-24-15-21-6-7-25(17-22(21)16-24)29-13-12-27-10-8-19(9-11-27)14-23-18-26(23)20-4-2-1-3-5-20/h1-7,17,19,23,26H,8-16,18H2/t23-,26+/m1/s1. The van der Waals surface area contributed by atoms with Gasteiger partial charge in [0.25, 0.3) is 0 Å². The number of nitrogens with zero attached hydrogens (tertiary/aromatic N) is 1. The van der Waals surface area contributed by atoms with Gasteiger partial charge in [-0.3, -0.25) is 9.69 Å². The molecule has 1 saturated carbocycles. The average molecular weight is 390 g/mol. The normalized spacial score (nSPS) is 24.5. The number of hydrogen-bond acceptors (Lipinski definition) is 3. The van der Waals surface area contributed by atoms with Gasteiger partial charge in [-0.05, 0) is 85.3 Å². The Kier molecular flexibility index (Phi) is 5.41. The Morgan fingerprint density at radius 2 is 1.76 bits per heavy atom. The minimum atomic E-state index is 0.321. The molecule has 3 nitrogen and oxygen atoms in total. The Bertz CT molecular complexity index is 854. The molecule has 3 heteroatoms. The molecule has 1 saturated heterocycles. The maximum absolute atomic E-state index is 11.6. The van der Waals surface area contributed by atoms with E-state index in [1.165, 1.54) is 44.3 Å². The summed E-state index contributed by atoms with van der Waals surface area (Å²) in [6, 6.07) is 17.2. The molecule has 1 aliphatic heterocycles. The number of ether oxygens (including phenoxy) is 1. The molecule has 2 fully saturated rings. The molecule has 2 aromatic rings. The van der Waals surface area contributed by atoms with Crippen molar-refractivity contribution in [3.05, 3.63) is 65.2 Å². The summed E-state index contributed by atoms with van der Waals surface area (Å²) < 4.78 is 5.98. The first kappa shape index (κ1) is 18.9. The Morgan fingerprint density at radius 1 is 0.966 bits per heavy atom. The molecule has 0 aromatic heterocycles. The van der Waals surface area contributed by atoms with Crippen LogP contribution >= 0.6 is 0 Å². The number of rotatable bonds is 7. The van der Waals surface area contributed by atoms with Crippen molar-refractivity contribution in [1.82, 2.24) is 4.90 Å². The number of benzene rings is 2. The molecule has 2 aromatic carbocycles. The van der Waals surface area contributed by atoms with Crippen LogP contribution in [0.2, 0.25) is 0 Å². The SMILES string of the molecule is O=C1Cc2ccc(OCCN3CCC(C[C@@H]4C[C@H]4c4ccccc4)CC3)cc2C1. The maximum Gasteiger partial charge on any atom is 0.141 e. The van der Waals surface area contributed by atoms with E-state index in [4.69, 9.17) is 4.74 Å². The minimum Gasteiger partial charge on any atom is -0.492 e. The lowest BCUT2D eigenvalue weighted by atomic mass is 9.90. The number of Topliss-reactive ketones (excluding diaryl/α,β-unsaturated/α-hetero) is 1. The van der Waals surface area contributed by atoms with E-state index in [0.29, 0.717) is 18.6 Å². The molecule has 0 bridgehead atoms. The van der Waals surface area contributed by atoms with Crippen LogP contribution in [0.25, 0.3) is 0 Å². The Labute approximate surface area is 174 Å². The van der Waals surface area contributed by atoms with E-state index in [1.54, 1.807) is 5.56 Å². The molecule has 0 unspecified atom stereocenters. The van der Waals surface area contributed by atoms with Crippen LogP contribution in [-0.4, -0.2) is 36.9 Å². The minimum absolute atomic E-state index is 0.321. The number of fused-ring (bicyclic) bond motifs is 1. The van der Waals surface area contributed by atoms with E-state index in [-0.39, 0.29) is 0 Å². The molecule has 152 valence electrons. The highest BCUT2D eigenvalue weighted by Gasteiger charge is 2.39.